The molecule has 0 saturated heterocycles. The van der Waals surface area contributed by atoms with Crippen LogP contribution in [0.4, 0.5) is 0 Å². The Morgan fingerprint density at radius 1 is 1.05 bits per heavy atom. The van der Waals surface area contributed by atoms with Gasteiger partial charge < -0.3 is 14.3 Å². The van der Waals surface area contributed by atoms with E-state index in [1.165, 1.54) is 13.8 Å². The van der Waals surface area contributed by atoms with Crippen molar-refractivity contribution in [1.82, 2.24) is 0 Å². The van der Waals surface area contributed by atoms with Crippen LogP contribution < -0.4 is 0 Å². The van der Waals surface area contributed by atoms with Crippen molar-refractivity contribution >= 4 is 24.3 Å². The lowest BCUT2D eigenvalue weighted by atomic mass is 9.90. The molecule has 0 amide bonds. The first kappa shape index (κ1) is 16.6. The summed E-state index contributed by atoms with van der Waals surface area (Å²) in [4.78, 5) is 33.3. The number of benzene rings is 1. The molecule has 0 N–H and O–H groups in total. The van der Waals surface area contributed by atoms with Gasteiger partial charge in [0.25, 0.3) is 0 Å². The summed E-state index contributed by atoms with van der Waals surface area (Å²) in [6, 6.07) is 9.33. The highest BCUT2D eigenvalue weighted by Crippen LogP contribution is 2.20. The van der Waals surface area contributed by atoms with E-state index >= 15 is 0 Å². The number of esters is 2. The lowest BCUT2D eigenvalue weighted by Gasteiger charge is -2.23. The highest BCUT2D eigenvalue weighted by molar-refractivity contribution is 5.71. The topological polar surface area (TPSA) is 69.7 Å². The minimum absolute atomic E-state index is 0.178. The van der Waals surface area contributed by atoms with Crippen molar-refractivity contribution in [3.05, 3.63) is 42.0 Å². The van der Waals surface area contributed by atoms with Crippen LogP contribution in [0, 0.1) is 5.41 Å². The van der Waals surface area contributed by atoms with Crippen LogP contribution in [0.3, 0.4) is 0 Å². The molecule has 0 fully saturated rings. The maximum Gasteiger partial charge on any atom is 0.302 e. The van der Waals surface area contributed by atoms with Crippen molar-refractivity contribution < 1.29 is 23.9 Å². The number of rotatable bonds is 7. The first-order chi connectivity index (χ1) is 9.97. The van der Waals surface area contributed by atoms with Crippen molar-refractivity contribution in [3.8, 4) is 0 Å². The Balaban J connectivity index is 2.92. The molecule has 0 unspecified atom stereocenters. The number of hydrogen-bond donors (Lipinski definition) is 0. The second kappa shape index (κ2) is 7.99. The number of aldehydes is 1. The van der Waals surface area contributed by atoms with E-state index < -0.39 is 17.4 Å². The molecule has 1 aromatic carbocycles. The zero-order valence-corrected chi connectivity index (χ0v) is 12.1. The van der Waals surface area contributed by atoms with Crippen molar-refractivity contribution in [2.75, 3.05) is 13.2 Å². The standard InChI is InChI=1S/C16H18O5/c1-13(18)20-11-16(10-17,12-21-14(2)19)9-8-15-6-4-3-5-7-15/h3-10H,11-12H2,1-2H3/b9-8+. The summed E-state index contributed by atoms with van der Waals surface area (Å²) in [6.07, 6.45) is 3.93. The molecule has 0 aliphatic rings. The van der Waals surface area contributed by atoms with Gasteiger partial charge in [0.2, 0.25) is 0 Å². The Bertz CT molecular complexity index is 501. The van der Waals surface area contributed by atoms with E-state index in [4.69, 9.17) is 9.47 Å². The van der Waals surface area contributed by atoms with Gasteiger partial charge in [-0.1, -0.05) is 42.5 Å². The van der Waals surface area contributed by atoms with E-state index in [1.807, 2.05) is 30.3 Å². The summed E-state index contributed by atoms with van der Waals surface area (Å²) in [5.74, 6) is -1.01. The molecule has 0 atom stereocenters. The van der Waals surface area contributed by atoms with Gasteiger partial charge in [0.1, 0.15) is 24.9 Å². The lowest BCUT2D eigenvalue weighted by Crippen LogP contribution is -2.33. The average molecular weight is 290 g/mol. The molecule has 0 bridgehead atoms. The van der Waals surface area contributed by atoms with Gasteiger partial charge in [-0.05, 0) is 5.56 Å². The third-order valence-corrected chi connectivity index (χ3v) is 2.73. The fraction of sp³-hybridized carbons (Fsp3) is 0.312. The predicted octanol–water partition coefficient (Wildman–Crippen LogP) is 2.01. The van der Waals surface area contributed by atoms with Gasteiger partial charge in [0, 0.05) is 13.8 Å². The molecule has 5 nitrogen and oxygen atoms in total. The van der Waals surface area contributed by atoms with Gasteiger partial charge >= 0.3 is 11.9 Å². The van der Waals surface area contributed by atoms with Crippen LogP contribution in [-0.2, 0) is 23.9 Å². The summed E-state index contributed by atoms with van der Waals surface area (Å²) >= 11 is 0. The molecule has 0 heterocycles. The van der Waals surface area contributed by atoms with Crippen molar-refractivity contribution in [3.63, 3.8) is 0 Å². The predicted molar refractivity (Wildman–Crippen MR) is 77.2 cm³/mol. The van der Waals surface area contributed by atoms with E-state index in [2.05, 4.69) is 0 Å². The van der Waals surface area contributed by atoms with Crippen LogP contribution in [-0.4, -0.2) is 31.4 Å². The molecule has 5 heteroatoms. The molecule has 21 heavy (non-hydrogen) atoms. The number of carbonyl (C=O) groups is 3. The number of ether oxygens (including phenoxy) is 2. The minimum atomic E-state index is -1.19. The first-order valence-electron chi connectivity index (χ1n) is 6.45. The van der Waals surface area contributed by atoms with E-state index in [9.17, 15) is 14.4 Å². The second-order valence-corrected chi connectivity index (χ2v) is 4.66. The summed E-state index contributed by atoms with van der Waals surface area (Å²) < 4.78 is 9.81. The van der Waals surface area contributed by atoms with Gasteiger partial charge in [-0.25, -0.2) is 0 Å². The Morgan fingerprint density at radius 3 is 2.00 bits per heavy atom. The molecule has 0 spiro atoms. The first-order valence-corrected chi connectivity index (χ1v) is 6.45. The molecule has 112 valence electrons. The third kappa shape index (κ3) is 6.03. The molecule has 0 aliphatic carbocycles. The van der Waals surface area contributed by atoms with Crippen molar-refractivity contribution in [2.24, 2.45) is 5.41 Å². The normalized spacial score (nSPS) is 11.1. The molecule has 0 saturated carbocycles. The zero-order chi connectivity index (χ0) is 15.7. The largest absolute Gasteiger partial charge is 0.464 e. The zero-order valence-electron chi connectivity index (χ0n) is 12.1. The monoisotopic (exact) mass is 290 g/mol. The summed E-state index contributed by atoms with van der Waals surface area (Å²) in [5, 5.41) is 0. The Kier molecular flexibility index (Phi) is 6.33. The Hall–Kier alpha value is -2.43. The molecule has 1 aromatic rings. The van der Waals surface area contributed by atoms with Crippen molar-refractivity contribution in [1.29, 1.82) is 0 Å². The maximum absolute atomic E-state index is 11.4. The second-order valence-electron chi connectivity index (χ2n) is 4.66. The van der Waals surface area contributed by atoms with Crippen LogP contribution in [0.25, 0.3) is 6.08 Å². The van der Waals surface area contributed by atoms with Crippen LogP contribution in [0.15, 0.2) is 36.4 Å². The van der Waals surface area contributed by atoms with Crippen LogP contribution in [0.1, 0.15) is 19.4 Å². The van der Waals surface area contributed by atoms with Gasteiger partial charge in [-0.2, -0.15) is 0 Å². The minimum Gasteiger partial charge on any atom is -0.464 e. The fourth-order valence-corrected chi connectivity index (χ4v) is 1.54. The molecule has 1 rings (SSSR count). The smallest absolute Gasteiger partial charge is 0.302 e. The summed E-state index contributed by atoms with van der Waals surface area (Å²) in [6.45, 7) is 2.15. The van der Waals surface area contributed by atoms with Crippen LogP contribution >= 0.6 is 0 Å². The van der Waals surface area contributed by atoms with Gasteiger partial charge in [0.15, 0.2) is 0 Å². The molecule has 0 radical (unpaired) electrons. The van der Waals surface area contributed by atoms with Crippen molar-refractivity contribution in [2.45, 2.75) is 13.8 Å². The number of hydrogen-bond acceptors (Lipinski definition) is 5. The lowest BCUT2D eigenvalue weighted by molar-refractivity contribution is -0.150. The fourth-order valence-electron chi connectivity index (χ4n) is 1.54. The van der Waals surface area contributed by atoms with E-state index in [0.29, 0.717) is 6.29 Å². The summed E-state index contributed by atoms with van der Waals surface area (Å²) in [7, 11) is 0. The van der Waals surface area contributed by atoms with Gasteiger partial charge in [-0.3, -0.25) is 9.59 Å². The van der Waals surface area contributed by atoms with Crippen LogP contribution in [0.2, 0.25) is 0 Å². The molecular formula is C16H18O5. The van der Waals surface area contributed by atoms with Gasteiger partial charge in [-0.15, -0.1) is 0 Å². The van der Waals surface area contributed by atoms with E-state index in [-0.39, 0.29) is 13.2 Å². The summed E-state index contributed by atoms with van der Waals surface area (Å²) in [5.41, 5.74) is -0.304. The quantitative estimate of drug-likeness (QED) is 0.567. The third-order valence-electron chi connectivity index (χ3n) is 2.73. The van der Waals surface area contributed by atoms with Crippen LogP contribution in [0.5, 0.6) is 0 Å². The molecule has 0 aliphatic heterocycles. The Morgan fingerprint density at radius 2 is 1.57 bits per heavy atom. The number of carbonyl (C=O) groups excluding carboxylic acids is 3. The Labute approximate surface area is 123 Å². The highest BCUT2D eigenvalue weighted by Gasteiger charge is 2.30. The van der Waals surface area contributed by atoms with E-state index in [1.54, 1.807) is 12.2 Å². The SMILES string of the molecule is CC(=O)OCC(C=O)(/C=C/c1ccccc1)COC(C)=O. The van der Waals surface area contributed by atoms with E-state index in [0.717, 1.165) is 5.56 Å². The highest BCUT2D eigenvalue weighted by atomic mass is 16.5. The molecular weight excluding hydrogens is 272 g/mol. The van der Waals surface area contributed by atoms with Gasteiger partial charge in [0.05, 0.1) is 0 Å². The molecule has 0 aromatic heterocycles. The average Bonchev–Trinajstić information content (AvgIpc) is 2.48. The maximum atomic E-state index is 11.4.